The second kappa shape index (κ2) is 14.7. The Morgan fingerprint density at radius 2 is 1.46 bits per heavy atom. The third kappa shape index (κ3) is 8.30. The molecule has 0 spiro atoms. The Balaban J connectivity index is 1.69. The number of nitrogens with zero attached hydrogens (tertiary/aromatic N) is 1. The molecule has 1 unspecified atom stereocenters. The molecule has 0 saturated carbocycles. The maximum absolute atomic E-state index is 12.5. The SMILES string of the molecule is CC#CCC(CO[Si](c1ccccc1)(c1ccccc1)C(C)(C)C)NCCN(C)C(=O)OCc1ccccc1. The van der Waals surface area contributed by atoms with Gasteiger partial charge in [-0.3, -0.25) is 0 Å². The second-order valence-electron chi connectivity index (χ2n) is 10.7. The molecule has 0 fully saturated rings. The summed E-state index contributed by atoms with van der Waals surface area (Å²) in [7, 11) is -0.887. The molecule has 0 aliphatic heterocycles. The molecular weight excluding hydrogens is 500 g/mol. The first-order valence-electron chi connectivity index (χ1n) is 13.6. The van der Waals surface area contributed by atoms with Gasteiger partial charge in [-0.1, -0.05) is 112 Å². The third-order valence-electron chi connectivity index (χ3n) is 6.84. The van der Waals surface area contributed by atoms with E-state index >= 15 is 0 Å². The molecule has 206 valence electrons. The van der Waals surface area contributed by atoms with E-state index < -0.39 is 8.32 Å². The molecule has 3 aromatic rings. The Bertz CT molecular complexity index is 1160. The van der Waals surface area contributed by atoms with E-state index in [0.717, 1.165) is 5.56 Å². The van der Waals surface area contributed by atoms with Crippen molar-refractivity contribution in [1.29, 1.82) is 0 Å². The van der Waals surface area contributed by atoms with Gasteiger partial charge >= 0.3 is 6.09 Å². The van der Waals surface area contributed by atoms with Crippen molar-refractivity contribution in [3.8, 4) is 11.8 Å². The lowest BCUT2D eigenvalue weighted by Crippen LogP contribution is -2.67. The van der Waals surface area contributed by atoms with E-state index in [1.54, 1.807) is 11.9 Å². The lowest BCUT2D eigenvalue weighted by molar-refractivity contribution is 0.104. The maximum atomic E-state index is 12.5. The number of nitrogens with one attached hydrogen (secondary N) is 1. The predicted octanol–water partition coefficient (Wildman–Crippen LogP) is 5.20. The Morgan fingerprint density at radius 3 is 1.97 bits per heavy atom. The molecular formula is C33H42N2O3Si. The van der Waals surface area contributed by atoms with Crippen molar-refractivity contribution in [2.75, 3.05) is 26.7 Å². The van der Waals surface area contributed by atoms with Crippen LogP contribution in [0.5, 0.6) is 0 Å². The molecule has 0 aliphatic carbocycles. The molecule has 0 radical (unpaired) electrons. The minimum atomic E-state index is -2.65. The zero-order valence-electron chi connectivity index (χ0n) is 23.9. The highest BCUT2D eigenvalue weighted by Gasteiger charge is 2.50. The van der Waals surface area contributed by atoms with Gasteiger partial charge in [0.15, 0.2) is 0 Å². The third-order valence-corrected chi connectivity index (χ3v) is 11.8. The van der Waals surface area contributed by atoms with Gasteiger partial charge in [0, 0.05) is 32.6 Å². The summed E-state index contributed by atoms with van der Waals surface area (Å²) in [5.41, 5.74) is 0.969. The van der Waals surface area contributed by atoms with E-state index in [0.29, 0.717) is 26.1 Å². The number of amides is 1. The molecule has 1 N–H and O–H groups in total. The molecule has 1 atom stereocenters. The van der Waals surface area contributed by atoms with E-state index in [9.17, 15) is 4.79 Å². The minimum Gasteiger partial charge on any atom is -0.445 e. The molecule has 3 rings (SSSR count). The van der Waals surface area contributed by atoms with Gasteiger partial charge in [0.25, 0.3) is 8.32 Å². The van der Waals surface area contributed by atoms with Crippen LogP contribution in [0.3, 0.4) is 0 Å². The van der Waals surface area contributed by atoms with Gasteiger partial charge < -0.3 is 19.4 Å². The van der Waals surface area contributed by atoms with Crippen molar-refractivity contribution in [3.05, 3.63) is 96.6 Å². The molecule has 0 heterocycles. The van der Waals surface area contributed by atoms with E-state index in [-0.39, 0.29) is 23.8 Å². The normalized spacial score (nSPS) is 12.2. The van der Waals surface area contributed by atoms with Gasteiger partial charge in [0.1, 0.15) is 6.61 Å². The van der Waals surface area contributed by atoms with E-state index in [1.807, 2.05) is 37.3 Å². The summed E-state index contributed by atoms with van der Waals surface area (Å²) in [6.07, 6.45) is 0.325. The smallest absolute Gasteiger partial charge is 0.409 e. The van der Waals surface area contributed by atoms with Crippen LogP contribution in [0.25, 0.3) is 0 Å². The highest BCUT2D eigenvalue weighted by Crippen LogP contribution is 2.36. The van der Waals surface area contributed by atoms with E-state index in [2.05, 4.69) is 98.6 Å². The van der Waals surface area contributed by atoms with Gasteiger partial charge in [-0.25, -0.2) is 4.79 Å². The summed E-state index contributed by atoms with van der Waals surface area (Å²) >= 11 is 0. The van der Waals surface area contributed by atoms with Crippen LogP contribution in [0.4, 0.5) is 4.79 Å². The van der Waals surface area contributed by atoms with Crippen molar-refractivity contribution in [3.63, 3.8) is 0 Å². The molecule has 3 aromatic carbocycles. The van der Waals surface area contributed by atoms with Gasteiger partial charge in [0.05, 0.1) is 6.61 Å². The standard InChI is InChI=1S/C33H42N2O3Si/c1-6-7-19-29(34-24-25-35(5)32(36)37-26-28-17-11-8-12-18-28)27-38-39(33(2,3)4,30-20-13-9-14-21-30)31-22-15-10-16-23-31/h8-18,20-23,29,34H,19,24-27H2,1-5H3. The highest BCUT2D eigenvalue weighted by atomic mass is 28.4. The van der Waals surface area contributed by atoms with Gasteiger partial charge in [-0.05, 0) is 27.9 Å². The van der Waals surface area contributed by atoms with Crippen LogP contribution in [0.15, 0.2) is 91.0 Å². The topological polar surface area (TPSA) is 50.8 Å². The molecule has 0 bridgehead atoms. The number of hydrogen-bond acceptors (Lipinski definition) is 4. The number of carbonyl (C=O) groups is 1. The summed E-state index contributed by atoms with van der Waals surface area (Å²) in [5.74, 6) is 6.24. The van der Waals surface area contributed by atoms with Crippen LogP contribution in [-0.4, -0.2) is 52.1 Å². The first-order chi connectivity index (χ1) is 18.8. The number of hydrogen-bond donors (Lipinski definition) is 1. The van der Waals surface area contributed by atoms with Crippen LogP contribution in [-0.2, 0) is 15.8 Å². The Kier molecular flexibility index (Phi) is 11.4. The van der Waals surface area contributed by atoms with Crippen molar-refractivity contribution in [1.82, 2.24) is 10.2 Å². The average molecular weight is 543 g/mol. The number of benzene rings is 3. The number of ether oxygens (including phenoxy) is 1. The average Bonchev–Trinajstić information content (AvgIpc) is 2.95. The highest BCUT2D eigenvalue weighted by molar-refractivity contribution is 6.99. The van der Waals surface area contributed by atoms with E-state index in [4.69, 9.17) is 9.16 Å². The number of carbonyl (C=O) groups excluding carboxylic acids is 1. The maximum Gasteiger partial charge on any atom is 0.409 e. The lowest BCUT2D eigenvalue weighted by atomic mass is 10.2. The van der Waals surface area contributed by atoms with Crippen LogP contribution < -0.4 is 15.7 Å². The molecule has 0 aromatic heterocycles. The quantitative estimate of drug-likeness (QED) is 0.252. The number of rotatable bonds is 12. The first kappa shape index (κ1) is 30.2. The lowest BCUT2D eigenvalue weighted by Gasteiger charge is -2.43. The summed E-state index contributed by atoms with van der Waals surface area (Å²) in [5, 5.41) is 6.00. The fraction of sp³-hybridized carbons (Fsp3) is 0.364. The molecule has 39 heavy (non-hydrogen) atoms. The van der Waals surface area contributed by atoms with Crippen LogP contribution in [0.1, 0.15) is 39.7 Å². The van der Waals surface area contributed by atoms with Crippen molar-refractivity contribution >= 4 is 24.8 Å². The molecule has 0 saturated heterocycles. The van der Waals surface area contributed by atoms with Crippen LogP contribution in [0.2, 0.25) is 5.04 Å². The summed E-state index contributed by atoms with van der Waals surface area (Å²) in [6.45, 7) is 10.6. The molecule has 1 amide bonds. The molecule has 0 aliphatic rings. The van der Waals surface area contributed by atoms with Crippen LogP contribution in [0, 0.1) is 11.8 Å². The summed E-state index contributed by atoms with van der Waals surface area (Å²) in [6, 6.07) is 31.0. The molecule has 6 heteroatoms. The molecule has 5 nitrogen and oxygen atoms in total. The van der Waals surface area contributed by atoms with Crippen molar-refractivity contribution in [2.24, 2.45) is 0 Å². The fourth-order valence-electron chi connectivity index (χ4n) is 4.76. The monoisotopic (exact) mass is 542 g/mol. The van der Waals surface area contributed by atoms with E-state index in [1.165, 1.54) is 10.4 Å². The Labute approximate surface area is 235 Å². The summed E-state index contributed by atoms with van der Waals surface area (Å²) < 4.78 is 12.6. The largest absolute Gasteiger partial charge is 0.445 e. The van der Waals surface area contributed by atoms with Gasteiger partial charge in [-0.15, -0.1) is 11.8 Å². The van der Waals surface area contributed by atoms with Crippen molar-refractivity contribution < 1.29 is 14.0 Å². The zero-order chi connectivity index (χ0) is 28.1. The fourth-order valence-corrected chi connectivity index (χ4v) is 9.37. The Hall–Kier alpha value is -3.37. The second-order valence-corrected chi connectivity index (χ2v) is 15.0. The predicted molar refractivity (Wildman–Crippen MR) is 163 cm³/mol. The van der Waals surface area contributed by atoms with Crippen molar-refractivity contribution in [2.45, 2.75) is 51.8 Å². The minimum absolute atomic E-state index is 0.0211. The summed E-state index contributed by atoms with van der Waals surface area (Å²) in [4.78, 5) is 14.1. The Morgan fingerprint density at radius 1 is 0.923 bits per heavy atom. The van der Waals surface area contributed by atoms with Crippen LogP contribution >= 0.6 is 0 Å². The first-order valence-corrected chi connectivity index (χ1v) is 15.5. The zero-order valence-corrected chi connectivity index (χ0v) is 24.9. The van der Waals surface area contributed by atoms with Gasteiger partial charge in [0.2, 0.25) is 0 Å². The number of likely N-dealkylation sites (N-methyl/N-ethyl adjacent to an activating group) is 1. The van der Waals surface area contributed by atoms with Gasteiger partial charge in [-0.2, -0.15) is 0 Å².